The van der Waals surface area contributed by atoms with Gasteiger partial charge in [-0.15, -0.1) is 0 Å². The molecule has 0 fully saturated rings. The lowest BCUT2D eigenvalue weighted by molar-refractivity contribution is 0.100. The van der Waals surface area contributed by atoms with E-state index in [0.717, 1.165) is 0 Å². The molecule has 0 radical (unpaired) electrons. The number of hydrogen-bond donors (Lipinski definition) is 2. The summed E-state index contributed by atoms with van der Waals surface area (Å²) in [6, 6.07) is 13.9. The maximum absolute atomic E-state index is 12.5. The van der Waals surface area contributed by atoms with Crippen LogP contribution in [0, 0.1) is 0 Å². The first-order valence-electron chi connectivity index (χ1n) is 7.08. The summed E-state index contributed by atoms with van der Waals surface area (Å²) in [7, 11) is -3.86. The third kappa shape index (κ3) is 3.71. The van der Waals surface area contributed by atoms with Gasteiger partial charge in [-0.2, -0.15) is 0 Å². The zero-order valence-electron chi connectivity index (χ0n) is 12.7. The Labute approximate surface area is 154 Å². The lowest BCUT2D eigenvalue weighted by Gasteiger charge is -2.10. The number of amides is 1. The first-order chi connectivity index (χ1) is 11.8. The molecule has 0 aliphatic carbocycles. The number of nitrogens with one attached hydrogen (secondary N) is 1. The van der Waals surface area contributed by atoms with E-state index in [-0.39, 0.29) is 14.9 Å². The lowest BCUT2D eigenvalue weighted by Crippen LogP contribution is -2.13. The zero-order chi connectivity index (χ0) is 18.2. The Morgan fingerprint density at radius 3 is 2.28 bits per heavy atom. The predicted molar refractivity (Wildman–Crippen MR) is 99.7 cm³/mol. The number of primary amides is 1. The Hall–Kier alpha value is -2.28. The maximum Gasteiger partial charge on any atom is 0.261 e. The van der Waals surface area contributed by atoms with Crippen LogP contribution in [0.2, 0.25) is 10.0 Å². The molecule has 8 heteroatoms. The number of benzene rings is 3. The molecule has 3 rings (SSSR count). The minimum Gasteiger partial charge on any atom is -0.366 e. The molecule has 0 aromatic heterocycles. The third-order valence-electron chi connectivity index (χ3n) is 3.54. The molecule has 5 nitrogen and oxygen atoms in total. The molecular formula is C17H12Cl2N2O3S. The summed E-state index contributed by atoms with van der Waals surface area (Å²) in [5.41, 5.74) is 6.06. The van der Waals surface area contributed by atoms with Crippen molar-refractivity contribution < 1.29 is 13.2 Å². The topological polar surface area (TPSA) is 89.3 Å². The van der Waals surface area contributed by atoms with Gasteiger partial charge in [0.15, 0.2) is 0 Å². The molecule has 3 N–H and O–H groups in total. The molecule has 25 heavy (non-hydrogen) atoms. The van der Waals surface area contributed by atoms with Crippen molar-refractivity contribution in [2.45, 2.75) is 4.90 Å². The summed E-state index contributed by atoms with van der Waals surface area (Å²) >= 11 is 11.7. The van der Waals surface area contributed by atoms with Crippen LogP contribution in [0.4, 0.5) is 5.69 Å². The Morgan fingerprint density at radius 1 is 0.960 bits per heavy atom. The number of halogens is 2. The standard InChI is InChI=1S/C17H12Cl2N2O3S/c18-11-7-12(19)9-14(8-11)25(23,24)21-13-4-5-15-10(6-13)2-1-3-16(15)17(20)22/h1-9,21H,(H2,20,22). The van der Waals surface area contributed by atoms with Gasteiger partial charge in [0.2, 0.25) is 5.91 Å². The number of sulfonamides is 1. The van der Waals surface area contributed by atoms with Crippen molar-refractivity contribution in [1.82, 2.24) is 0 Å². The van der Waals surface area contributed by atoms with E-state index in [1.807, 2.05) is 0 Å². The molecule has 0 aliphatic rings. The number of nitrogens with two attached hydrogens (primary N) is 1. The maximum atomic E-state index is 12.5. The number of carbonyl (C=O) groups excluding carboxylic acids is 1. The van der Waals surface area contributed by atoms with Crippen LogP contribution in [-0.4, -0.2) is 14.3 Å². The highest BCUT2D eigenvalue weighted by molar-refractivity contribution is 7.92. The summed E-state index contributed by atoms with van der Waals surface area (Å²) in [5.74, 6) is -0.549. The quantitative estimate of drug-likeness (QED) is 0.699. The van der Waals surface area contributed by atoms with Gasteiger partial charge in [0.05, 0.1) is 4.90 Å². The van der Waals surface area contributed by atoms with E-state index in [9.17, 15) is 13.2 Å². The van der Waals surface area contributed by atoms with E-state index in [2.05, 4.69) is 4.72 Å². The molecule has 0 aliphatic heterocycles. The fraction of sp³-hybridized carbons (Fsp3) is 0. The average Bonchev–Trinajstić information content (AvgIpc) is 2.52. The van der Waals surface area contributed by atoms with Crippen LogP contribution < -0.4 is 10.5 Å². The van der Waals surface area contributed by atoms with Crippen molar-refractivity contribution in [1.29, 1.82) is 0 Å². The molecule has 0 saturated heterocycles. The predicted octanol–water partition coefficient (Wildman–Crippen LogP) is 4.05. The zero-order valence-corrected chi connectivity index (χ0v) is 15.0. The van der Waals surface area contributed by atoms with Gasteiger partial charge in [-0.1, -0.05) is 41.4 Å². The molecule has 0 unspecified atom stereocenters. The van der Waals surface area contributed by atoms with Gasteiger partial charge in [0.1, 0.15) is 0 Å². The molecular weight excluding hydrogens is 383 g/mol. The van der Waals surface area contributed by atoms with E-state index < -0.39 is 15.9 Å². The first kappa shape index (κ1) is 17.5. The van der Waals surface area contributed by atoms with Crippen LogP contribution in [0.3, 0.4) is 0 Å². The van der Waals surface area contributed by atoms with Crippen LogP contribution in [0.5, 0.6) is 0 Å². The van der Waals surface area contributed by atoms with Gasteiger partial charge < -0.3 is 5.73 Å². The van der Waals surface area contributed by atoms with Crippen molar-refractivity contribution in [3.8, 4) is 0 Å². The van der Waals surface area contributed by atoms with E-state index in [4.69, 9.17) is 28.9 Å². The Morgan fingerprint density at radius 2 is 1.64 bits per heavy atom. The number of fused-ring (bicyclic) bond motifs is 1. The Balaban J connectivity index is 2.01. The van der Waals surface area contributed by atoms with Crippen molar-refractivity contribution in [2.24, 2.45) is 5.73 Å². The average molecular weight is 395 g/mol. The van der Waals surface area contributed by atoms with Crippen molar-refractivity contribution in [3.63, 3.8) is 0 Å². The number of hydrogen-bond acceptors (Lipinski definition) is 3. The second-order valence-corrected chi connectivity index (χ2v) is 7.87. The molecule has 0 saturated carbocycles. The van der Waals surface area contributed by atoms with E-state index in [0.29, 0.717) is 22.0 Å². The van der Waals surface area contributed by atoms with Gasteiger partial charge >= 0.3 is 0 Å². The van der Waals surface area contributed by atoms with Crippen LogP contribution in [0.15, 0.2) is 59.5 Å². The summed E-state index contributed by atoms with van der Waals surface area (Å²) in [6.45, 7) is 0. The molecule has 3 aromatic rings. The normalized spacial score (nSPS) is 11.4. The van der Waals surface area contributed by atoms with Crippen LogP contribution in [0.1, 0.15) is 10.4 Å². The first-order valence-corrected chi connectivity index (χ1v) is 9.32. The summed E-state index contributed by atoms with van der Waals surface area (Å²) in [6.07, 6.45) is 0. The highest BCUT2D eigenvalue weighted by atomic mass is 35.5. The monoisotopic (exact) mass is 394 g/mol. The summed E-state index contributed by atoms with van der Waals surface area (Å²) in [5, 5.41) is 1.76. The largest absolute Gasteiger partial charge is 0.366 e. The van der Waals surface area contributed by atoms with E-state index in [1.165, 1.54) is 18.2 Å². The second kappa shape index (κ2) is 6.55. The number of anilines is 1. The Bertz CT molecular complexity index is 1080. The van der Waals surface area contributed by atoms with Crippen molar-refractivity contribution in [2.75, 3.05) is 4.72 Å². The Kier molecular flexibility index (Phi) is 4.60. The van der Waals surface area contributed by atoms with Crippen molar-refractivity contribution in [3.05, 3.63) is 70.2 Å². The molecule has 1 amide bonds. The summed E-state index contributed by atoms with van der Waals surface area (Å²) < 4.78 is 27.5. The van der Waals surface area contributed by atoms with E-state index in [1.54, 1.807) is 36.4 Å². The van der Waals surface area contributed by atoms with Crippen molar-refractivity contribution >= 4 is 55.6 Å². The van der Waals surface area contributed by atoms with Gasteiger partial charge in [-0.25, -0.2) is 8.42 Å². The molecule has 0 atom stereocenters. The summed E-state index contributed by atoms with van der Waals surface area (Å²) in [4.78, 5) is 11.4. The SMILES string of the molecule is NC(=O)c1cccc2cc(NS(=O)(=O)c3cc(Cl)cc(Cl)c3)ccc12. The highest BCUT2D eigenvalue weighted by Gasteiger charge is 2.16. The molecule has 0 heterocycles. The lowest BCUT2D eigenvalue weighted by atomic mass is 10.0. The fourth-order valence-electron chi connectivity index (χ4n) is 2.46. The third-order valence-corrected chi connectivity index (χ3v) is 5.34. The smallest absolute Gasteiger partial charge is 0.261 e. The van der Waals surface area contributed by atoms with Crippen LogP contribution in [-0.2, 0) is 10.0 Å². The second-order valence-electron chi connectivity index (χ2n) is 5.32. The minimum atomic E-state index is -3.86. The van der Waals surface area contributed by atoms with Crippen LogP contribution >= 0.6 is 23.2 Å². The van der Waals surface area contributed by atoms with Gasteiger partial charge in [0, 0.05) is 21.3 Å². The van der Waals surface area contributed by atoms with Gasteiger partial charge in [-0.05, 0) is 47.2 Å². The minimum absolute atomic E-state index is 0.0454. The molecule has 0 bridgehead atoms. The van der Waals surface area contributed by atoms with E-state index >= 15 is 0 Å². The highest BCUT2D eigenvalue weighted by Crippen LogP contribution is 2.26. The molecule has 0 spiro atoms. The fourth-order valence-corrected chi connectivity index (χ4v) is 4.23. The van der Waals surface area contributed by atoms with Crippen LogP contribution in [0.25, 0.3) is 10.8 Å². The van der Waals surface area contributed by atoms with Gasteiger partial charge in [0.25, 0.3) is 10.0 Å². The molecule has 3 aromatic carbocycles. The number of carbonyl (C=O) groups is 1. The molecule has 128 valence electrons. The van der Waals surface area contributed by atoms with Gasteiger partial charge in [-0.3, -0.25) is 9.52 Å². The number of rotatable bonds is 4.